The number of carbonyl (C=O) groups is 1. The first-order valence-corrected chi connectivity index (χ1v) is 8.66. The van der Waals surface area contributed by atoms with Crippen LogP contribution in [0.2, 0.25) is 0 Å². The number of carbonyl (C=O) groups excluding carboxylic acids is 1. The van der Waals surface area contributed by atoms with E-state index < -0.39 is 23.6 Å². The molecule has 30 heavy (non-hydrogen) atoms. The number of halogens is 4. The summed E-state index contributed by atoms with van der Waals surface area (Å²) >= 11 is 0. The average Bonchev–Trinajstić information content (AvgIpc) is 2.66. The van der Waals surface area contributed by atoms with E-state index in [9.17, 15) is 22.4 Å². The number of alkyl halides is 3. The lowest BCUT2D eigenvalue weighted by Gasteiger charge is -2.14. The summed E-state index contributed by atoms with van der Waals surface area (Å²) in [6.07, 6.45) is -4.52. The molecule has 1 heterocycles. The highest BCUT2D eigenvalue weighted by molar-refractivity contribution is 6.00. The lowest BCUT2D eigenvalue weighted by atomic mass is 10.2. The molecule has 1 aromatic heterocycles. The molecule has 2 amide bonds. The van der Waals surface area contributed by atoms with Gasteiger partial charge in [-0.2, -0.15) is 23.1 Å². The van der Waals surface area contributed by atoms with Crippen LogP contribution in [0.5, 0.6) is 11.8 Å². The van der Waals surface area contributed by atoms with Crippen molar-refractivity contribution in [1.82, 2.24) is 9.97 Å². The Balaban J connectivity index is 1.74. The number of para-hydroxylation sites is 1. The molecule has 156 valence electrons. The van der Waals surface area contributed by atoms with Crippen molar-refractivity contribution in [2.45, 2.75) is 20.0 Å². The topological polar surface area (TPSA) is 76.1 Å². The summed E-state index contributed by atoms with van der Waals surface area (Å²) in [7, 11) is 0. The first kappa shape index (κ1) is 21.0. The molecule has 0 saturated carbocycles. The van der Waals surface area contributed by atoms with Crippen molar-refractivity contribution in [3.63, 3.8) is 0 Å². The fourth-order valence-corrected chi connectivity index (χ4v) is 2.59. The Morgan fingerprint density at radius 1 is 0.967 bits per heavy atom. The van der Waals surface area contributed by atoms with Crippen molar-refractivity contribution in [1.29, 1.82) is 0 Å². The van der Waals surface area contributed by atoms with Gasteiger partial charge in [-0.05, 0) is 44.2 Å². The Bertz CT molecular complexity index is 1060. The third kappa shape index (κ3) is 5.02. The third-order valence-corrected chi connectivity index (χ3v) is 3.97. The van der Waals surface area contributed by atoms with Gasteiger partial charge in [0, 0.05) is 5.69 Å². The summed E-state index contributed by atoms with van der Waals surface area (Å²) < 4.78 is 57.5. The van der Waals surface area contributed by atoms with Crippen LogP contribution in [0.3, 0.4) is 0 Å². The second kappa shape index (κ2) is 8.36. The normalized spacial score (nSPS) is 11.1. The number of aromatic nitrogens is 2. The summed E-state index contributed by atoms with van der Waals surface area (Å²) in [4.78, 5) is 20.4. The molecule has 0 aliphatic heterocycles. The molecule has 10 heteroatoms. The predicted octanol–water partition coefficient (Wildman–Crippen LogP) is 5.69. The number of ether oxygens (including phenoxy) is 1. The SMILES string of the molecule is Cc1nc(Oc2ccccc2F)nc(C)c1NC(=O)Nc1cccc(C(F)(F)F)c1. The zero-order valence-electron chi connectivity index (χ0n) is 15.8. The van der Waals surface area contributed by atoms with Gasteiger partial charge in [-0.3, -0.25) is 0 Å². The van der Waals surface area contributed by atoms with Crippen molar-refractivity contribution in [3.05, 3.63) is 71.3 Å². The Kier molecular flexibility index (Phi) is 5.86. The molecule has 0 unspecified atom stereocenters. The van der Waals surface area contributed by atoms with Crippen LogP contribution in [0.4, 0.5) is 33.7 Å². The first-order chi connectivity index (χ1) is 14.1. The van der Waals surface area contributed by atoms with E-state index in [1.54, 1.807) is 19.9 Å². The maximum atomic E-state index is 13.7. The van der Waals surface area contributed by atoms with E-state index in [4.69, 9.17) is 4.74 Å². The zero-order valence-corrected chi connectivity index (χ0v) is 15.8. The van der Waals surface area contributed by atoms with Gasteiger partial charge in [0.2, 0.25) is 0 Å². The fraction of sp³-hybridized carbons (Fsp3) is 0.150. The maximum Gasteiger partial charge on any atom is 0.416 e. The van der Waals surface area contributed by atoms with Crippen LogP contribution in [0, 0.1) is 19.7 Å². The molecule has 0 spiro atoms. The van der Waals surface area contributed by atoms with Crippen LogP contribution in [-0.4, -0.2) is 16.0 Å². The molecule has 0 fully saturated rings. The van der Waals surface area contributed by atoms with E-state index in [2.05, 4.69) is 20.6 Å². The summed E-state index contributed by atoms with van der Waals surface area (Å²) in [5.74, 6) is -0.640. The smallest absolute Gasteiger partial charge is 0.416 e. The molecule has 2 N–H and O–H groups in total. The standard InChI is InChI=1S/C20H16F4N4O2/c1-11-17(12(2)26-19(25-11)30-16-9-4-3-8-15(16)21)28-18(29)27-14-7-5-6-13(10-14)20(22,23)24/h3-10H,1-2H3,(H2,27,28,29). The van der Waals surface area contributed by atoms with Crippen LogP contribution in [0.25, 0.3) is 0 Å². The summed E-state index contributed by atoms with van der Waals surface area (Å²) in [6, 6.07) is 9.10. The average molecular weight is 420 g/mol. The summed E-state index contributed by atoms with van der Waals surface area (Å²) in [5, 5.41) is 4.83. The van der Waals surface area contributed by atoms with Crippen molar-refractivity contribution < 1.29 is 27.1 Å². The van der Waals surface area contributed by atoms with Crippen molar-refractivity contribution in [3.8, 4) is 11.8 Å². The highest BCUT2D eigenvalue weighted by Crippen LogP contribution is 2.31. The maximum absolute atomic E-state index is 13.7. The van der Waals surface area contributed by atoms with Gasteiger partial charge in [-0.15, -0.1) is 0 Å². The lowest BCUT2D eigenvalue weighted by molar-refractivity contribution is -0.137. The van der Waals surface area contributed by atoms with Crippen molar-refractivity contribution in [2.24, 2.45) is 0 Å². The number of nitrogens with one attached hydrogen (secondary N) is 2. The van der Waals surface area contributed by atoms with Gasteiger partial charge in [0.25, 0.3) is 0 Å². The van der Waals surface area contributed by atoms with Crippen LogP contribution in [0.15, 0.2) is 48.5 Å². The van der Waals surface area contributed by atoms with Crippen LogP contribution in [-0.2, 0) is 6.18 Å². The number of urea groups is 1. The van der Waals surface area contributed by atoms with Gasteiger partial charge in [-0.1, -0.05) is 18.2 Å². The molecule has 3 rings (SSSR count). The van der Waals surface area contributed by atoms with E-state index >= 15 is 0 Å². The molecule has 0 aliphatic carbocycles. The Morgan fingerprint density at radius 2 is 1.63 bits per heavy atom. The number of anilines is 2. The quantitative estimate of drug-likeness (QED) is 0.532. The molecule has 0 atom stereocenters. The number of amides is 2. The third-order valence-electron chi connectivity index (χ3n) is 3.97. The van der Waals surface area contributed by atoms with Crippen LogP contribution < -0.4 is 15.4 Å². The van der Waals surface area contributed by atoms with E-state index in [0.29, 0.717) is 11.4 Å². The molecule has 6 nitrogen and oxygen atoms in total. The second-order valence-corrected chi connectivity index (χ2v) is 6.24. The van der Waals surface area contributed by atoms with Gasteiger partial charge < -0.3 is 15.4 Å². The first-order valence-electron chi connectivity index (χ1n) is 8.66. The number of aryl methyl sites for hydroxylation is 2. The van der Waals surface area contributed by atoms with Gasteiger partial charge >= 0.3 is 18.2 Å². The minimum Gasteiger partial charge on any atom is -0.421 e. The Hall–Kier alpha value is -3.69. The zero-order chi connectivity index (χ0) is 21.9. The predicted molar refractivity (Wildman–Crippen MR) is 102 cm³/mol. The summed E-state index contributed by atoms with van der Waals surface area (Å²) in [6.45, 7) is 3.14. The number of rotatable bonds is 4. The van der Waals surface area contributed by atoms with Crippen molar-refractivity contribution in [2.75, 3.05) is 10.6 Å². The molecule has 0 aliphatic rings. The van der Waals surface area contributed by atoms with Crippen molar-refractivity contribution >= 4 is 17.4 Å². The van der Waals surface area contributed by atoms with E-state index in [1.807, 2.05) is 0 Å². The molecule has 2 aromatic carbocycles. The number of benzene rings is 2. The fourth-order valence-electron chi connectivity index (χ4n) is 2.59. The van der Waals surface area contributed by atoms with Gasteiger partial charge in [0.1, 0.15) is 0 Å². The highest BCUT2D eigenvalue weighted by atomic mass is 19.4. The van der Waals surface area contributed by atoms with Gasteiger partial charge in [0.05, 0.1) is 22.6 Å². The minimum atomic E-state index is -4.52. The molecular formula is C20H16F4N4O2. The Labute approximate surface area is 168 Å². The van der Waals surface area contributed by atoms with Crippen LogP contribution >= 0.6 is 0 Å². The van der Waals surface area contributed by atoms with E-state index in [1.165, 1.54) is 30.3 Å². The number of nitrogens with zero attached hydrogens (tertiary/aromatic N) is 2. The second-order valence-electron chi connectivity index (χ2n) is 6.24. The Morgan fingerprint density at radius 3 is 2.27 bits per heavy atom. The molecule has 3 aromatic rings. The summed E-state index contributed by atoms with van der Waals surface area (Å²) in [5.41, 5.74) is -0.00915. The molecule has 0 radical (unpaired) electrons. The highest BCUT2D eigenvalue weighted by Gasteiger charge is 2.30. The molecular weight excluding hydrogens is 404 g/mol. The minimum absolute atomic E-state index is 0.0296. The lowest BCUT2D eigenvalue weighted by Crippen LogP contribution is -2.21. The van der Waals surface area contributed by atoms with Gasteiger partial charge in [-0.25, -0.2) is 9.18 Å². The van der Waals surface area contributed by atoms with Crippen LogP contribution in [0.1, 0.15) is 17.0 Å². The monoisotopic (exact) mass is 420 g/mol. The number of hydrogen-bond donors (Lipinski definition) is 2. The van der Waals surface area contributed by atoms with E-state index in [-0.39, 0.29) is 23.1 Å². The number of hydrogen-bond acceptors (Lipinski definition) is 4. The largest absolute Gasteiger partial charge is 0.421 e. The molecule has 0 saturated heterocycles. The molecule has 0 bridgehead atoms. The van der Waals surface area contributed by atoms with E-state index in [0.717, 1.165) is 12.1 Å². The van der Waals surface area contributed by atoms with Gasteiger partial charge in [0.15, 0.2) is 11.6 Å².